The van der Waals surface area contributed by atoms with Crippen LogP contribution in [0.25, 0.3) is 0 Å². The van der Waals surface area contributed by atoms with E-state index in [4.69, 9.17) is 4.42 Å². The fourth-order valence-corrected chi connectivity index (χ4v) is 2.98. The lowest BCUT2D eigenvalue weighted by molar-refractivity contribution is -0.130. The smallest absolute Gasteiger partial charge is 0.227 e. The standard InChI is InChI=1S/C14H20N2O2/c1-14(6-7-15-9-14)13(17)16-11-3-2-4-12-10(11)5-8-18-12/h5,8,11,15H,2-4,6-7,9H2,1H3,(H,16,17). The molecule has 1 aromatic rings. The summed E-state index contributed by atoms with van der Waals surface area (Å²) in [6.07, 6.45) is 5.74. The molecule has 18 heavy (non-hydrogen) atoms. The number of carbonyl (C=O) groups excluding carboxylic acids is 1. The summed E-state index contributed by atoms with van der Waals surface area (Å²) in [5.74, 6) is 1.22. The fourth-order valence-electron chi connectivity index (χ4n) is 2.98. The highest BCUT2D eigenvalue weighted by Crippen LogP contribution is 2.32. The molecular formula is C14H20N2O2. The van der Waals surface area contributed by atoms with Crippen LogP contribution in [0.5, 0.6) is 0 Å². The van der Waals surface area contributed by atoms with Crippen molar-refractivity contribution in [2.75, 3.05) is 13.1 Å². The lowest BCUT2D eigenvalue weighted by atomic mass is 9.87. The van der Waals surface area contributed by atoms with Gasteiger partial charge in [-0.05, 0) is 38.8 Å². The Balaban J connectivity index is 1.73. The zero-order valence-corrected chi connectivity index (χ0v) is 10.8. The van der Waals surface area contributed by atoms with Crippen molar-refractivity contribution in [2.24, 2.45) is 5.41 Å². The van der Waals surface area contributed by atoms with E-state index < -0.39 is 0 Å². The van der Waals surface area contributed by atoms with Crippen LogP contribution < -0.4 is 10.6 Å². The molecule has 2 N–H and O–H groups in total. The van der Waals surface area contributed by atoms with Gasteiger partial charge in [-0.2, -0.15) is 0 Å². The topological polar surface area (TPSA) is 54.3 Å². The predicted octanol–water partition coefficient (Wildman–Crippen LogP) is 1.77. The highest BCUT2D eigenvalue weighted by molar-refractivity contribution is 5.83. The quantitative estimate of drug-likeness (QED) is 0.838. The lowest BCUT2D eigenvalue weighted by Crippen LogP contribution is -2.42. The van der Waals surface area contributed by atoms with Crippen LogP contribution in [-0.2, 0) is 11.2 Å². The molecule has 1 amide bonds. The summed E-state index contributed by atoms with van der Waals surface area (Å²) >= 11 is 0. The van der Waals surface area contributed by atoms with E-state index in [-0.39, 0.29) is 17.4 Å². The van der Waals surface area contributed by atoms with Gasteiger partial charge in [0.2, 0.25) is 5.91 Å². The number of amides is 1. The Labute approximate surface area is 107 Å². The van der Waals surface area contributed by atoms with Gasteiger partial charge in [-0.25, -0.2) is 0 Å². The molecule has 2 aliphatic rings. The van der Waals surface area contributed by atoms with Gasteiger partial charge in [-0.3, -0.25) is 4.79 Å². The monoisotopic (exact) mass is 248 g/mol. The van der Waals surface area contributed by atoms with E-state index in [1.165, 1.54) is 5.56 Å². The van der Waals surface area contributed by atoms with Crippen molar-refractivity contribution in [1.82, 2.24) is 10.6 Å². The van der Waals surface area contributed by atoms with Gasteiger partial charge in [0.05, 0.1) is 17.7 Å². The minimum Gasteiger partial charge on any atom is -0.469 e. The molecule has 1 aliphatic heterocycles. The second-order valence-corrected chi connectivity index (χ2v) is 5.70. The van der Waals surface area contributed by atoms with Gasteiger partial charge in [0.1, 0.15) is 5.76 Å². The van der Waals surface area contributed by atoms with Crippen LogP contribution in [0.3, 0.4) is 0 Å². The summed E-state index contributed by atoms with van der Waals surface area (Å²) in [4.78, 5) is 12.4. The van der Waals surface area contributed by atoms with E-state index in [1.54, 1.807) is 6.26 Å². The maximum absolute atomic E-state index is 12.4. The summed E-state index contributed by atoms with van der Waals surface area (Å²) in [5, 5.41) is 6.47. The van der Waals surface area contributed by atoms with Crippen LogP contribution >= 0.6 is 0 Å². The first-order valence-electron chi connectivity index (χ1n) is 6.77. The van der Waals surface area contributed by atoms with Crippen molar-refractivity contribution in [3.63, 3.8) is 0 Å². The summed E-state index contributed by atoms with van der Waals surface area (Å²) in [7, 11) is 0. The van der Waals surface area contributed by atoms with Crippen molar-refractivity contribution in [1.29, 1.82) is 0 Å². The molecule has 2 atom stereocenters. The number of carbonyl (C=O) groups is 1. The number of hydrogen-bond acceptors (Lipinski definition) is 3. The van der Waals surface area contributed by atoms with E-state index in [9.17, 15) is 4.79 Å². The van der Waals surface area contributed by atoms with Crippen molar-refractivity contribution >= 4 is 5.91 Å². The molecule has 4 heteroatoms. The second-order valence-electron chi connectivity index (χ2n) is 5.70. The van der Waals surface area contributed by atoms with Gasteiger partial charge in [-0.15, -0.1) is 0 Å². The van der Waals surface area contributed by atoms with Crippen LogP contribution in [-0.4, -0.2) is 19.0 Å². The molecule has 4 nitrogen and oxygen atoms in total. The Hall–Kier alpha value is -1.29. The molecular weight excluding hydrogens is 228 g/mol. The van der Waals surface area contributed by atoms with Crippen molar-refractivity contribution in [3.05, 3.63) is 23.7 Å². The maximum Gasteiger partial charge on any atom is 0.227 e. The summed E-state index contributed by atoms with van der Waals surface area (Å²) in [5.41, 5.74) is 0.922. The zero-order chi connectivity index (χ0) is 12.6. The van der Waals surface area contributed by atoms with Crippen LogP contribution in [0, 0.1) is 5.41 Å². The minimum absolute atomic E-state index is 0.137. The van der Waals surface area contributed by atoms with Crippen molar-refractivity contribution in [2.45, 2.75) is 38.6 Å². The van der Waals surface area contributed by atoms with Crippen LogP contribution in [0.4, 0.5) is 0 Å². The molecule has 3 rings (SSSR count). The van der Waals surface area contributed by atoms with E-state index in [2.05, 4.69) is 10.6 Å². The summed E-state index contributed by atoms with van der Waals surface area (Å²) in [6, 6.07) is 2.13. The van der Waals surface area contributed by atoms with Crippen LogP contribution in [0.2, 0.25) is 0 Å². The largest absolute Gasteiger partial charge is 0.469 e. The van der Waals surface area contributed by atoms with Crippen molar-refractivity contribution in [3.8, 4) is 0 Å². The average Bonchev–Trinajstić information content (AvgIpc) is 2.98. The van der Waals surface area contributed by atoms with Gasteiger partial charge in [0.15, 0.2) is 0 Å². The third-order valence-corrected chi connectivity index (χ3v) is 4.27. The summed E-state index contributed by atoms with van der Waals surface area (Å²) < 4.78 is 5.45. The Kier molecular flexibility index (Phi) is 2.90. The van der Waals surface area contributed by atoms with Crippen LogP contribution in [0.15, 0.2) is 16.7 Å². The number of aryl methyl sites for hydroxylation is 1. The van der Waals surface area contributed by atoms with Gasteiger partial charge in [0, 0.05) is 18.5 Å². The second kappa shape index (κ2) is 4.43. The molecule has 2 heterocycles. The Morgan fingerprint density at radius 1 is 1.61 bits per heavy atom. The number of fused-ring (bicyclic) bond motifs is 1. The third kappa shape index (κ3) is 1.94. The number of nitrogens with one attached hydrogen (secondary N) is 2. The molecule has 1 aromatic heterocycles. The molecule has 1 fully saturated rings. The Bertz CT molecular complexity index is 446. The number of hydrogen-bond donors (Lipinski definition) is 2. The third-order valence-electron chi connectivity index (χ3n) is 4.27. The average molecular weight is 248 g/mol. The van der Waals surface area contributed by atoms with E-state index >= 15 is 0 Å². The molecule has 0 saturated carbocycles. The van der Waals surface area contributed by atoms with Gasteiger partial charge in [0.25, 0.3) is 0 Å². The fraction of sp³-hybridized carbons (Fsp3) is 0.643. The molecule has 98 valence electrons. The zero-order valence-electron chi connectivity index (χ0n) is 10.8. The van der Waals surface area contributed by atoms with E-state index in [1.807, 2.05) is 13.0 Å². The van der Waals surface area contributed by atoms with Gasteiger partial charge >= 0.3 is 0 Å². The molecule has 1 aliphatic carbocycles. The first-order chi connectivity index (χ1) is 8.69. The molecule has 0 bridgehead atoms. The molecule has 0 spiro atoms. The van der Waals surface area contributed by atoms with Gasteiger partial charge in [-0.1, -0.05) is 0 Å². The maximum atomic E-state index is 12.4. The number of furan rings is 1. The van der Waals surface area contributed by atoms with Crippen molar-refractivity contribution < 1.29 is 9.21 Å². The highest BCUT2D eigenvalue weighted by Gasteiger charge is 2.38. The molecule has 0 aromatic carbocycles. The van der Waals surface area contributed by atoms with E-state index in [0.29, 0.717) is 0 Å². The molecule has 2 unspecified atom stereocenters. The first-order valence-corrected chi connectivity index (χ1v) is 6.77. The molecule has 0 radical (unpaired) electrons. The van der Waals surface area contributed by atoms with Crippen LogP contribution in [0.1, 0.15) is 43.6 Å². The SMILES string of the molecule is CC1(C(=O)NC2CCCc3occc32)CCNC1. The van der Waals surface area contributed by atoms with Gasteiger partial charge < -0.3 is 15.1 Å². The normalized spacial score (nSPS) is 31.1. The summed E-state index contributed by atoms with van der Waals surface area (Å²) in [6.45, 7) is 3.76. The minimum atomic E-state index is -0.249. The molecule has 1 saturated heterocycles. The number of rotatable bonds is 2. The lowest BCUT2D eigenvalue weighted by Gasteiger charge is -2.28. The predicted molar refractivity (Wildman–Crippen MR) is 68.1 cm³/mol. The van der Waals surface area contributed by atoms with E-state index in [0.717, 1.165) is 44.5 Å². The highest BCUT2D eigenvalue weighted by atomic mass is 16.3. The Morgan fingerprint density at radius 3 is 3.28 bits per heavy atom. The Morgan fingerprint density at radius 2 is 2.50 bits per heavy atom. The first kappa shape index (κ1) is 11.8.